The minimum atomic E-state index is -0.304. The molecule has 3 rings (SSSR count). The summed E-state index contributed by atoms with van der Waals surface area (Å²) < 4.78 is 19.1. The van der Waals surface area contributed by atoms with Crippen LogP contribution in [0.1, 0.15) is 16.7 Å². The van der Waals surface area contributed by atoms with Gasteiger partial charge in [-0.25, -0.2) is 4.39 Å². The molecular formula is C22H19ClFN3OS. The molecule has 0 aliphatic heterocycles. The molecule has 0 atom stereocenters. The largest absolute Gasteiger partial charge is 0.488 e. The second-order valence-corrected chi connectivity index (χ2v) is 7.49. The molecule has 3 aromatic carbocycles. The van der Waals surface area contributed by atoms with Crippen LogP contribution in [-0.4, -0.2) is 11.4 Å². The van der Waals surface area contributed by atoms with E-state index in [-0.39, 0.29) is 12.4 Å². The van der Waals surface area contributed by atoms with Crippen LogP contribution in [0.4, 0.5) is 4.39 Å². The Kier molecular flexibility index (Phi) is 7.67. The molecule has 0 saturated heterocycles. The van der Waals surface area contributed by atoms with Crippen LogP contribution in [0, 0.1) is 5.82 Å². The van der Waals surface area contributed by atoms with E-state index in [2.05, 4.69) is 10.2 Å². The van der Waals surface area contributed by atoms with Gasteiger partial charge in [0.25, 0.3) is 0 Å². The van der Waals surface area contributed by atoms with Gasteiger partial charge in [-0.3, -0.25) is 0 Å². The Hall–Kier alpha value is -2.83. The van der Waals surface area contributed by atoms with E-state index in [0.717, 1.165) is 11.1 Å². The Bertz CT molecular complexity index is 1010. The maximum Gasteiger partial charge on any atom is 0.180 e. The third-order valence-corrected chi connectivity index (χ3v) is 4.93. The Labute approximate surface area is 178 Å². The van der Waals surface area contributed by atoms with E-state index in [4.69, 9.17) is 22.1 Å². The molecule has 0 saturated carbocycles. The molecule has 0 unspecified atom stereocenters. The Morgan fingerprint density at radius 3 is 2.62 bits per heavy atom. The van der Waals surface area contributed by atoms with Gasteiger partial charge in [0.15, 0.2) is 5.17 Å². The predicted molar refractivity (Wildman–Crippen MR) is 119 cm³/mol. The van der Waals surface area contributed by atoms with Gasteiger partial charge in [-0.2, -0.15) is 5.10 Å². The summed E-state index contributed by atoms with van der Waals surface area (Å²) in [4.78, 5) is 0. The van der Waals surface area contributed by atoms with Gasteiger partial charge in [-0.05, 0) is 41.5 Å². The van der Waals surface area contributed by atoms with E-state index in [1.165, 1.54) is 30.1 Å². The van der Waals surface area contributed by atoms with Crippen molar-refractivity contribution in [3.05, 3.63) is 100 Å². The van der Waals surface area contributed by atoms with Crippen LogP contribution in [0.2, 0.25) is 5.02 Å². The zero-order chi connectivity index (χ0) is 20.5. The first kappa shape index (κ1) is 20.9. The van der Waals surface area contributed by atoms with Crippen LogP contribution in [-0.2, 0) is 12.4 Å². The molecule has 0 heterocycles. The third-order valence-electron chi connectivity index (χ3n) is 3.84. The Balaban J connectivity index is 1.63. The van der Waals surface area contributed by atoms with Crippen LogP contribution < -0.4 is 10.5 Å². The average Bonchev–Trinajstić information content (AvgIpc) is 2.72. The highest BCUT2D eigenvalue weighted by Crippen LogP contribution is 2.23. The second-order valence-electron chi connectivity index (χ2n) is 6.06. The molecular weight excluding hydrogens is 409 g/mol. The average molecular weight is 428 g/mol. The first-order valence-electron chi connectivity index (χ1n) is 8.80. The molecule has 2 N–H and O–H groups in total. The number of amidine groups is 1. The minimum absolute atomic E-state index is 0.221. The van der Waals surface area contributed by atoms with E-state index < -0.39 is 0 Å². The number of hydrogen-bond acceptors (Lipinski definition) is 4. The van der Waals surface area contributed by atoms with E-state index in [1.54, 1.807) is 30.3 Å². The number of rotatable bonds is 7. The summed E-state index contributed by atoms with van der Waals surface area (Å²) >= 11 is 7.48. The van der Waals surface area contributed by atoms with Crippen molar-refractivity contribution >= 4 is 34.7 Å². The van der Waals surface area contributed by atoms with E-state index >= 15 is 0 Å². The number of ether oxygens (including phenoxy) is 1. The van der Waals surface area contributed by atoms with Crippen LogP contribution in [0.5, 0.6) is 5.75 Å². The summed E-state index contributed by atoms with van der Waals surface area (Å²) in [6, 6.07) is 21.4. The maximum atomic E-state index is 13.3. The first-order valence-corrected chi connectivity index (χ1v) is 10.2. The van der Waals surface area contributed by atoms with Crippen molar-refractivity contribution in [1.29, 1.82) is 0 Å². The maximum absolute atomic E-state index is 13.3. The van der Waals surface area contributed by atoms with Gasteiger partial charge in [-0.15, -0.1) is 5.10 Å². The molecule has 4 nitrogen and oxygen atoms in total. The summed E-state index contributed by atoms with van der Waals surface area (Å²) in [5.74, 6) is 0.972. The molecule has 0 aliphatic rings. The molecule has 0 aromatic heterocycles. The van der Waals surface area contributed by atoms with Gasteiger partial charge in [0, 0.05) is 16.3 Å². The third kappa shape index (κ3) is 6.93. The van der Waals surface area contributed by atoms with E-state index in [9.17, 15) is 4.39 Å². The minimum Gasteiger partial charge on any atom is -0.488 e. The van der Waals surface area contributed by atoms with Crippen molar-refractivity contribution < 1.29 is 9.13 Å². The van der Waals surface area contributed by atoms with Crippen molar-refractivity contribution in [3.63, 3.8) is 0 Å². The summed E-state index contributed by atoms with van der Waals surface area (Å²) in [5, 5.41) is 8.95. The SMILES string of the molecule is NC(=NN=Cc1cc(Cl)ccc1OCc1cccc(F)c1)SCc1ccccc1. The smallest absolute Gasteiger partial charge is 0.180 e. The lowest BCUT2D eigenvalue weighted by Crippen LogP contribution is -2.06. The Morgan fingerprint density at radius 1 is 1.03 bits per heavy atom. The van der Waals surface area contributed by atoms with Gasteiger partial charge < -0.3 is 10.5 Å². The Morgan fingerprint density at radius 2 is 1.83 bits per heavy atom. The standard InChI is InChI=1S/C22H19ClFN3OS/c23-19-9-10-21(28-14-17-7-4-8-20(24)11-17)18(12-19)13-26-27-22(25)29-15-16-5-2-1-3-6-16/h1-13H,14-15H2,(H2,25,27). The molecule has 0 spiro atoms. The van der Waals surface area contributed by atoms with Crippen molar-refractivity contribution in [1.82, 2.24) is 0 Å². The molecule has 148 valence electrons. The van der Waals surface area contributed by atoms with E-state index in [1.807, 2.05) is 30.3 Å². The van der Waals surface area contributed by atoms with Gasteiger partial charge in [0.05, 0.1) is 6.21 Å². The summed E-state index contributed by atoms with van der Waals surface area (Å²) in [5.41, 5.74) is 8.44. The molecule has 0 radical (unpaired) electrons. The highest BCUT2D eigenvalue weighted by Gasteiger charge is 2.05. The topological polar surface area (TPSA) is 60.0 Å². The number of nitrogens with zero attached hydrogens (tertiary/aromatic N) is 2. The van der Waals surface area contributed by atoms with Gasteiger partial charge >= 0.3 is 0 Å². The molecule has 0 amide bonds. The summed E-state index contributed by atoms with van der Waals surface area (Å²) in [7, 11) is 0. The molecule has 0 aliphatic carbocycles. The van der Waals surface area contributed by atoms with Crippen molar-refractivity contribution in [2.24, 2.45) is 15.9 Å². The first-order chi connectivity index (χ1) is 14.1. The van der Waals surface area contributed by atoms with Gasteiger partial charge in [0.1, 0.15) is 18.2 Å². The van der Waals surface area contributed by atoms with E-state index in [0.29, 0.717) is 27.3 Å². The van der Waals surface area contributed by atoms with Crippen LogP contribution in [0.3, 0.4) is 0 Å². The lowest BCUT2D eigenvalue weighted by Gasteiger charge is -2.09. The highest BCUT2D eigenvalue weighted by molar-refractivity contribution is 8.13. The quantitative estimate of drug-likeness (QED) is 0.301. The molecule has 29 heavy (non-hydrogen) atoms. The normalized spacial score (nSPS) is 11.7. The van der Waals surface area contributed by atoms with Crippen molar-refractivity contribution in [2.45, 2.75) is 12.4 Å². The number of hydrogen-bond donors (Lipinski definition) is 1. The summed E-state index contributed by atoms with van der Waals surface area (Å²) in [6.45, 7) is 0.221. The van der Waals surface area contributed by atoms with Gasteiger partial charge in [-0.1, -0.05) is 65.8 Å². The molecule has 0 bridgehead atoms. The monoisotopic (exact) mass is 427 g/mol. The lowest BCUT2D eigenvalue weighted by molar-refractivity contribution is 0.305. The van der Waals surface area contributed by atoms with Crippen LogP contribution in [0.15, 0.2) is 83.0 Å². The van der Waals surface area contributed by atoms with Crippen LogP contribution in [0.25, 0.3) is 0 Å². The highest BCUT2D eigenvalue weighted by atomic mass is 35.5. The lowest BCUT2D eigenvalue weighted by atomic mass is 10.2. The van der Waals surface area contributed by atoms with Gasteiger partial charge in [0.2, 0.25) is 0 Å². The zero-order valence-corrected chi connectivity index (χ0v) is 17.0. The number of thioether (sulfide) groups is 1. The molecule has 3 aromatic rings. The fourth-order valence-corrected chi connectivity index (χ4v) is 3.24. The molecule has 7 heteroatoms. The molecule has 0 fully saturated rings. The second kappa shape index (κ2) is 10.6. The number of halogens is 2. The fourth-order valence-electron chi connectivity index (χ4n) is 2.45. The number of benzene rings is 3. The van der Waals surface area contributed by atoms with Crippen LogP contribution >= 0.6 is 23.4 Å². The van der Waals surface area contributed by atoms with Crippen molar-refractivity contribution in [3.8, 4) is 5.75 Å². The van der Waals surface area contributed by atoms with Crippen molar-refractivity contribution in [2.75, 3.05) is 0 Å². The zero-order valence-electron chi connectivity index (χ0n) is 15.5. The number of nitrogens with two attached hydrogens (primary N) is 1. The fraction of sp³-hybridized carbons (Fsp3) is 0.0909. The predicted octanol–water partition coefficient (Wildman–Crippen LogP) is 5.64. The summed E-state index contributed by atoms with van der Waals surface area (Å²) in [6.07, 6.45) is 1.53.